The zero-order valence-corrected chi connectivity index (χ0v) is 17.1. The molecule has 5 aromatic rings. The predicted octanol–water partition coefficient (Wildman–Crippen LogP) is 2.35. The Hall–Kier alpha value is -4.27. The lowest BCUT2D eigenvalue weighted by molar-refractivity contribution is 0.393. The monoisotopic (exact) mass is 417 g/mol. The van der Waals surface area contributed by atoms with Crippen molar-refractivity contribution in [1.82, 2.24) is 23.5 Å². The quantitative estimate of drug-likeness (QED) is 0.484. The second-order valence-electron chi connectivity index (χ2n) is 7.03. The van der Waals surface area contributed by atoms with Crippen molar-refractivity contribution in [1.29, 1.82) is 0 Å². The SMILES string of the molecule is COc1ccc(-n2c(-c3ccccc3)cn3c4c(=O)[nH]c(=O)n(C)c4nc23)c(OC)c1. The van der Waals surface area contributed by atoms with Gasteiger partial charge in [0.1, 0.15) is 11.5 Å². The Morgan fingerprint density at radius 1 is 1.00 bits per heavy atom. The number of nitrogens with zero attached hydrogens (tertiary/aromatic N) is 4. The summed E-state index contributed by atoms with van der Waals surface area (Å²) in [6.45, 7) is 0. The van der Waals surface area contributed by atoms with Crippen LogP contribution in [0.2, 0.25) is 0 Å². The Labute approximate surface area is 175 Å². The van der Waals surface area contributed by atoms with Crippen molar-refractivity contribution in [2.45, 2.75) is 0 Å². The van der Waals surface area contributed by atoms with E-state index in [-0.39, 0.29) is 0 Å². The third-order valence-electron chi connectivity index (χ3n) is 5.32. The second kappa shape index (κ2) is 6.91. The Morgan fingerprint density at radius 3 is 2.48 bits per heavy atom. The fourth-order valence-corrected chi connectivity index (χ4v) is 3.78. The molecule has 5 rings (SSSR count). The first-order valence-corrected chi connectivity index (χ1v) is 9.54. The van der Waals surface area contributed by atoms with E-state index in [4.69, 9.17) is 9.47 Å². The lowest BCUT2D eigenvalue weighted by Gasteiger charge is -2.14. The maximum absolute atomic E-state index is 12.6. The molecule has 31 heavy (non-hydrogen) atoms. The van der Waals surface area contributed by atoms with Gasteiger partial charge in [-0.05, 0) is 12.1 Å². The average molecular weight is 417 g/mol. The Kier molecular flexibility index (Phi) is 4.18. The minimum absolute atomic E-state index is 0.292. The summed E-state index contributed by atoms with van der Waals surface area (Å²) in [5, 5.41) is 0. The Bertz CT molecular complexity index is 1560. The van der Waals surface area contributed by atoms with E-state index < -0.39 is 11.2 Å². The molecule has 0 aliphatic heterocycles. The largest absolute Gasteiger partial charge is 0.497 e. The predicted molar refractivity (Wildman–Crippen MR) is 116 cm³/mol. The van der Waals surface area contributed by atoms with Crippen LogP contribution >= 0.6 is 0 Å². The van der Waals surface area contributed by atoms with Crippen molar-refractivity contribution in [3.8, 4) is 28.4 Å². The van der Waals surface area contributed by atoms with Crippen molar-refractivity contribution >= 4 is 16.9 Å². The topological polar surface area (TPSA) is 95.6 Å². The number of fused-ring (bicyclic) bond motifs is 3. The first-order valence-electron chi connectivity index (χ1n) is 9.54. The van der Waals surface area contributed by atoms with E-state index in [1.807, 2.05) is 53.2 Å². The molecule has 0 saturated heterocycles. The van der Waals surface area contributed by atoms with Gasteiger partial charge in [0.05, 0.1) is 25.6 Å². The third-order valence-corrected chi connectivity index (χ3v) is 5.32. The van der Waals surface area contributed by atoms with Crippen molar-refractivity contribution in [2.24, 2.45) is 7.05 Å². The lowest BCUT2D eigenvalue weighted by Crippen LogP contribution is -2.28. The van der Waals surface area contributed by atoms with Crippen LogP contribution in [0.15, 0.2) is 64.3 Å². The summed E-state index contributed by atoms with van der Waals surface area (Å²) in [6, 6.07) is 15.2. The highest BCUT2D eigenvalue weighted by Crippen LogP contribution is 2.34. The summed E-state index contributed by atoms with van der Waals surface area (Å²) in [6.07, 6.45) is 1.84. The highest BCUT2D eigenvalue weighted by Gasteiger charge is 2.22. The van der Waals surface area contributed by atoms with Crippen LogP contribution in [0.5, 0.6) is 11.5 Å². The van der Waals surface area contributed by atoms with Gasteiger partial charge in [0.25, 0.3) is 5.56 Å². The van der Waals surface area contributed by atoms with Crippen LogP contribution < -0.4 is 20.7 Å². The first kappa shape index (κ1) is 18.7. The van der Waals surface area contributed by atoms with Gasteiger partial charge in [-0.3, -0.25) is 23.3 Å². The van der Waals surface area contributed by atoms with E-state index in [1.54, 1.807) is 31.7 Å². The van der Waals surface area contributed by atoms with Crippen LogP contribution in [0.1, 0.15) is 0 Å². The molecule has 9 nitrogen and oxygen atoms in total. The molecule has 0 fully saturated rings. The standard InChI is InChI=1S/C22H19N5O4/c1-25-19-18(20(28)24-22(25)29)26-12-16(13-7-5-4-6-8-13)27(21(26)23-19)15-10-9-14(30-2)11-17(15)31-3/h4-12H,1-3H3,(H,24,28,29). The number of nitrogens with one attached hydrogen (secondary N) is 1. The van der Waals surface area contributed by atoms with Gasteiger partial charge in [-0.25, -0.2) is 4.79 Å². The normalized spacial score (nSPS) is 11.3. The van der Waals surface area contributed by atoms with Crippen molar-refractivity contribution in [3.05, 3.63) is 75.6 Å². The molecule has 3 heterocycles. The van der Waals surface area contributed by atoms with E-state index >= 15 is 0 Å². The van der Waals surface area contributed by atoms with Crippen LogP contribution in [0, 0.1) is 0 Å². The third kappa shape index (κ3) is 2.74. The van der Waals surface area contributed by atoms with Gasteiger partial charge in [-0.1, -0.05) is 30.3 Å². The number of aromatic nitrogens is 5. The number of H-pyrrole nitrogens is 1. The van der Waals surface area contributed by atoms with Crippen LogP contribution in [0.3, 0.4) is 0 Å². The number of benzene rings is 2. The number of imidazole rings is 2. The zero-order valence-electron chi connectivity index (χ0n) is 17.1. The number of methoxy groups -OCH3 is 2. The molecule has 0 atom stereocenters. The Morgan fingerprint density at radius 2 is 1.77 bits per heavy atom. The summed E-state index contributed by atoms with van der Waals surface area (Å²) in [5.74, 6) is 1.70. The molecule has 0 saturated carbocycles. The smallest absolute Gasteiger partial charge is 0.329 e. The van der Waals surface area contributed by atoms with E-state index in [2.05, 4.69) is 9.97 Å². The van der Waals surface area contributed by atoms with Gasteiger partial charge in [-0.15, -0.1) is 0 Å². The number of hydrogen-bond donors (Lipinski definition) is 1. The van der Waals surface area contributed by atoms with Gasteiger partial charge >= 0.3 is 5.69 Å². The average Bonchev–Trinajstić information content (AvgIpc) is 3.34. The molecule has 2 aromatic carbocycles. The number of aryl methyl sites for hydroxylation is 1. The van der Waals surface area contributed by atoms with Gasteiger partial charge in [0.15, 0.2) is 11.2 Å². The van der Waals surface area contributed by atoms with Crippen molar-refractivity contribution in [2.75, 3.05) is 14.2 Å². The van der Waals surface area contributed by atoms with E-state index in [0.717, 1.165) is 11.3 Å². The molecular formula is C22H19N5O4. The van der Waals surface area contributed by atoms with Crippen LogP contribution in [-0.2, 0) is 7.05 Å². The van der Waals surface area contributed by atoms with E-state index in [0.29, 0.717) is 34.1 Å². The molecule has 156 valence electrons. The molecule has 9 heteroatoms. The second-order valence-corrected chi connectivity index (χ2v) is 7.03. The Balaban J connectivity index is 1.95. The van der Waals surface area contributed by atoms with Crippen LogP contribution in [-0.4, -0.2) is 37.7 Å². The molecule has 0 unspecified atom stereocenters. The number of ether oxygens (including phenoxy) is 2. The molecule has 0 bridgehead atoms. The summed E-state index contributed by atoms with van der Waals surface area (Å²) in [5.41, 5.74) is 2.03. The highest BCUT2D eigenvalue weighted by atomic mass is 16.5. The molecule has 0 amide bonds. The molecule has 3 aromatic heterocycles. The maximum Gasteiger partial charge on any atom is 0.329 e. The van der Waals surface area contributed by atoms with E-state index in [9.17, 15) is 9.59 Å². The van der Waals surface area contributed by atoms with Crippen LogP contribution in [0.4, 0.5) is 0 Å². The summed E-state index contributed by atoms with van der Waals surface area (Å²) in [4.78, 5) is 31.7. The van der Waals surface area contributed by atoms with E-state index in [1.165, 1.54) is 4.57 Å². The molecule has 0 spiro atoms. The summed E-state index contributed by atoms with van der Waals surface area (Å²) in [7, 11) is 4.74. The highest BCUT2D eigenvalue weighted by molar-refractivity contribution is 5.80. The first-order chi connectivity index (χ1) is 15.0. The van der Waals surface area contributed by atoms with Gasteiger partial charge in [0.2, 0.25) is 5.78 Å². The molecule has 0 aliphatic carbocycles. The molecule has 0 aliphatic rings. The minimum Gasteiger partial charge on any atom is -0.497 e. The lowest BCUT2D eigenvalue weighted by atomic mass is 10.1. The van der Waals surface area contributed by atoms with Crippen molar-refractivity contribution in [3.63, 3.8) is 0 Å². The summed E-state index contributed by atoms with van der Waals surface area (Å²) >= 11 is 0. The summed E-state index contributed by atoms with van der Waals surface area (Å²) < 4.78 is 15.9. The number of hydrogen-bond acceptors (Lipinski definition) is 5. The molecule has 0 radical (unpaired) electrons. The fourth-order valence-electron chi connectivity index (χ4n) is 3.78. The van der Waals surface area contributed by atoms with Gasteiger partial charge in [0, 0.05) is 24.9 Å². The van der Waals surface area contributed by atoms with Gasteiger partial charge < -0.3 is 9.47 Å². The van der Waals surface area contributed by atoms with Gasteiger partial charge in [-0.2, -0.15) is 4.98 Å². The minimum atomic E-state index is -0.518. The number of rotatable bonds is 4. The number of aromatic amines is 1. The fraction of sp³-hybridized carbons (Fsp3) is 0.136. The van der Waals surface area contributed by atoms with Crippen molar-refractivity contribution < 1.29 is 9.47 Å². The molecule has 1 N–H and O–H groups in total. The molecular weight excluding hydrogens is 398 g/mol. The zero-order chi connectivity index (χ0) is 21.7. The van der Waals surface area contributed by atoms with Crippen LogP contribution in [0.25, 0.3) is 33.9 Å². The maximum atomic E-state index is 12.6.